The van der Waals surface area contributed by atoms with Crippen LogP contribution >= 0.6 is 0 Å². The summed E-state index contributed by atoms with van der Waals surface area (Å²) < 4.78 is 58.4. The number of benzene rings is 2. The van der Waals surface area contributed by atoms with E-state index in [2.05, 4.69) is 37.0 Å². The lowest BCUT2D eigenvalue weighted by atomic mass is 10.1. The lowest BCUT2D eigenvalue weighted by Gasteiger charge is -2.26. The number of guanidine groups is 1. The quantitative estimate of drug-likeness (QED) is 0.253. The van der Waals surface area contributed by atoms with E-state index in [-0.39, 0.29) is 64.9 Å². The summed E-state index contributed by atoms with van der Waals surface area (Å²) >= 11 is 0. The number of piperidine rings is 1. The highest BCUT2D eigenvalue weighted by molar-refractivity contribution is 7.91. The van der Waals surface area contributed by atoms with Crippen LogP contribution in [0.3, 0.4) is 0 Å². The third kappa shape index (κ3) is 7.53. The maximum absolute atomic E-state index is 15.2. The van der Waals surface area contributed by atoms with Crippen LogP contribution in [0.25, 0.3) is 11.3 Å². The van der Waals surface area contributed by atoms with Crippen molar-refractivity contribution < 1.29 is 17.2 Å². The van der Waals surface area contributed by atoms with Gasteiger partial charge in [-0.25, -0.2) is 27.2 Å². The van der Waals surface area contributed by atoms with E-state index in [9.17, 15) is 22.9 Å². The van der Waals surface area contributed by atoms with Gasteiger partial charge in [-0.3, -0.25) is 14.1 Å². The Hall–Kier alpha value is -4.48. The van der Waals surface area contributed by atoms with Crippen LogP contribution in [0.15, 0.2) is 51.2 Å². The Morgan fingerprint density at radius 2 is 2.00 bits per heavy atom. The fourth-order valence-electron chi connectivity index (χ4n) is 4.92. The molecular weight excluding hydrogens is 590 g/mol. The van der Waals surface area contributed by atoms with Crippen LogP contribution in [-0.4, -0.2) is 55.9 Å². The van der Waals surface area contributed by atoms with Crippen molar-refractivity contribution in [2.24, 2.45) is 9.98 Å². The Morgan fingerprint density at radius 3 is 2.64 bits per heavy atom. The zero-order valence-electron chi connectivity index (χ0n) is 24.9. The molecule has 0 saturated carbocycles. The van der Waals surface area contributed by atoms with Crippen molar-refractivity contribution in [3.63, 3.8) is 0 Å². The average molecular weight is 625 g/mol. The van der Waals surface area contributed by atoms with E-state index in [0.29, 0.717) is 12.2 Å². The Morgan fingerprint density at radius 1 is 1.25 bits per heavy atom. The van der Waals surface area contributed by atoms with E-state index in [1.54, 1.807) is 45.9 Å². The number of rotatable bonds is 8. The second-order valence-electron chi connectivity index (χ2n) is 10.9. The number of nitrogens with one attached hydrogen (secondary N) is 3. The molecule has 1 saturated heterocycles. The van der Waals surface area contributed by atoms with Gasteiger partial charge >= 0.3 is 0 Å². The minimum atomic E-state index is -4.08. The lowest BCUT2D eigenvalue weighted by Crippen LogP contribution is -2.49. The molecule has 3 aromatic rings. The first-order valence-electron chi connectivity index (χ1n) is 13.9. The summed E-state index contributed by atoms with van der Waals surface area (Å²) in [7, 11) is -4.08. The Labute approximate surface area is 254 Å². The van der Waals surface area contributed by atoms with Gasteiger partial charge in [-0.1, -0.05) is 18.2 Å². The SMILES string of the molecule is C=N/C(=N\c1c(C)nc(-c2ccc(NS(=O)(=O)Cc3ccc(C)cc3C#N)c(F)c2)c(=O)n1C(C)C)N[C@@H]1CNC[C@@H](F)C1. The molecule has 4 rings (SSSR count). The topological polar surface area (TPSA) is 154 Å². The van der Waals surface area contributed by atoms with Crippen LogP contribution in [0.2, 0.25) is 0 Å². The predicted molar refractivity (Wildman–Crippen MR) is 167 cm³/mol. The maximum Gasteiger partial charge on any atom is 0.278 e. The van der Waals surface area contributed by atoms with Gasteiger partial charge in [0, 0.05) is 37.2 Å². The second kappa shape index (κ2) is 13.4. The third-order valence-corrected chi connectivity index (χ3v) is 8.22. The van der Waals surface area contributed by atoms with E-state index >= 15 is 4.39 Å². The van der Waals surface area contributed by atoms with Crippen molar-refractivity contribution in [1.82, 2.24) is 20.2 Å². The molecule has 3 N–H and O–H groups in total. The van der Waals surface area contributed by atoms with Gasteiger partial charge in [0.05, 0.1) is 28.8 Å². The number of alkyl halides is 1. The molecule has 0 radical (unpaired) electrons. The van der Waals surface area contributed by atoms with Crippen LogP contribution in [0.5, 0.6) is 0 Å². The van der Waals surface area contributed by atoms with Crippen LogP contribution in [0, 0.1) is 31.0 Å². The lowest BCUT2D eigenvalue weighted by molar-refractivity contribution is 0.239. The van der Waals surface area contributed by atoms with E-state index < -0.39 is 33.3 Å². The monoisotopic (exact) mass is 624 g/mol. The first-order valence-corrected chi connectivity index (χ1v) is 15.6. The predicted octanol–water partition coefficient (Wildman–Crippen LogP) is 4.04. The molecule has 0 bridgehead atoms. The molecule has 232 valence electrons. The summed E-state index contributed by atoms with van der Waals surface area (Å²) in [6.07, 6.45) is -0.755. The minimum absolute atomic E-state index is 0.0559. The minimum Gasteiger partial charge on any atom is -0.350 e. The Bertz CT molecular complexity index is 1820. The fourth-order valence-corrected chi connectivity index (χ4v) is 6.16. The van der Waals surface area contributed by atoms with Gasteiger partial charge in [0.15, 0.2) is 5.82 Å². The van der Waals surface area contributed by atoms with Gasteiger partial charge in [0.2, 0.25) is 16.0 Å². The number of nitriles is 1. The van der Waals surface area contributed by atoms with Gasteiger partial charge in [-0.2, -0.15) is 10.3 Å². The van der Waals surface area contributed by atoms with Crippen molar-refractivity contribution in [1.29, 1.82) is 5.26 Å². The summed E-state index contributed by atoms with van der Waals surface area (Å²) in [5.41, 5.74) is 0.863. The fraction of sp³-hybridized carbons (Fsp3) is 0.367. The largest absolute Gasteiger partial charge is 0.350 e. The summed E-state index contributed by atoms with van der Waals surface area (Å²) in [5.74, 6) is -1.13. The normalized spacial score (nSPS) is 17.3. The van der Waals surface area contributed by atoms with Crippen molar-refractivity contribution >= 4 is 34.2 Å². The van der Waals surface area contributed by atoms with Crippen molar-refractivity contribution in [2.75, 3.05) is 17.8 Å². The molecule has 14 heteroatoms. The Kier molecular flexibility index (Phi) is 9.91. The van der Waals surface area contributed by atoms with Gasteiger partial charge in [0.1, 0.15) is 17.7 Å². The van der Waals surface area contributed by atoms with E-state index in [4.69, 9.17) is 0 Å². The third-order valence-electron chi connectivity index (χ3n) is 7.00. The molecule has 1 aliphatic rings. The first-order chi connectivity index (χ1) is 20.8. The van der Waals surface area contributed by atoms with E-state index in [1.165, 1.54) is 16.7 Å². The molecule has 11 nitrogen and oxygen atoms in total. The Balaban J connectivity index is 1.64. The highest BCUT2D eigenvalue weighted by Crippen LogP contribution is 2.27. The molecule has 0 spiro atoms. The summed E-state index contributed by atoms with van der Waals surface area (Å²) in [6.45, 7) is 11.3. The van der Waals surface area contributed by atoms with Crippen LogP contribution in [0.4, 0.5) is 20.3 Å². The van der Waals surface area contributed by atoms with Crippen LogP contribution in [-0.2, 0) is 15.8 Å². The zero-order valence-corrected chi connectivity index (χ0v) is 25.7. The number of aromatic nitrogens is 2. The molecule has 2 heterocycles. The molecule has 1 fully saturated rings. The highest BCUT2D eigenvalue weighted by atomic mass is 32.2. The maximum atomic E-state index is 15.2. The summed E-state index contributed by atoms with van der Waals surface area (Å²) in [6, 6.07) is 9.78. The number of halogens is 2. The van der Waals surface area contributed by atoms with E-state index in [0.717, 1.165) is 11.6 Å². The number of nitrogens with zero attached hydrogens (tertiary/aromatic N) is 5. The number of anilines is 1. The van der Waals surface area contributed by atoms with Crippen LogP contribution < -0.4 is 20.9 Å². The van der Waals surface area contributed by atoms with Gasteiger partial charge in [-0.05, 0) is 63.7 Å². The highest BCUT2D eigenvalue weighted by Gasteiger charge is 2.24. The molecule has 2 atom stereocenters. The molecule has 0 amide bonds. The number of hydrogen-bond acceptors (Lipinski definition) is 7. The molecular formula is C30H34F2N8O3S. The summed E-state index contributed by atoms with van der Waals surface area (Å²) in [5, 5.41) is 15.4. The molecule has 44 heavy (non-hydrogen) atoms. The van der Waals surface area contributed by atoms with E-state index in [1.807, 2.05) is 6.07 Å². The zero-order chi connectivity index (χ0) is 32.2. The van der Waals surface area contributed by atoms with Gasteiger partial charge in [0.25, 0.3) is 5.56 Å². The molecule has 2 aromatic carbocycles. The van der Waals surface area contributed by atoms with Crippen molar-refractivity contribution in [3.05, 3.63) is 75.0 Å². The number of aryl methyl sites for hydroxylation is 2. The van der Waals surface area contributed by atoms with Crippen LogP contribution in [0.1, 0.15) is 48.7 Å². The van der Waals surface area contributed by atoms with Gasteiger partial charge < -0.3 is 10.6 Å². The van der Waals surface area contributed by atoms with Gasteiger partial charge in [-0.15, -0.1) is 0 Å². The molecule has 0 aliphatic carbocycles. The number of sulfonamides is 1. The second-order valence-corrected chi connectivity index (χ2v) is 12.6. The first kappa shape index (κ1) is 32.4. The van der Waals surface area contributed by atoms with Crippen molar-refractivity contribution in [2.45, 2.75) is 58.1 Å². The molecule has 1 aliphatic heterocycles. The summed E-state index contributed by atoms with van der Waals surface area (Å²) in [4.78, 5) is 26.5. The number of aliphatic imine (C=N–C) groups is 2. The molecule has 1 aromatic heterocycles. The average Bonchev–Trinajstić information content (AvgIpc) is 2.96. The smallest absolute Gasteiger partial charge is 0.278 e. The number of hydrogen-bond donors (Lipinski definition) is 3. The van der Waals surface area contributed by atoms with Crippen molar-refractivity contribution in [3.8, 4) is 17.3 Å². The molecule has 0 unspecified atom stereocenters. The standard InChI is InChI=1S/C30H34F2N8O3S/c1-17(2)40-28(38-30(34-5)37-24-12-23(31)14-35-15-24)19(4)36-27(29(40)41)20-8-9-26(25(32)11-20)39-44(42,43)16-21-7-6-18(3)10-22(21)13-33/h6-11,17,23-24,35,39H,5,12,14-16H2,1-4H3,(H,37,38)/t23-,24-/m0/s1.